The van der Waals surface area contributed by atoms with Gasteiger partial charge in [0.2, 0.25) is 11.8 Å². The third-order valence-corrected chi connectivity index (χ3v) is 4.59. The molecule has 2 amide bonds. The fourth-order valence-corrected chi connectivity index (χ4v) is 3.09. The van der Waals surface area contributed by atoms with Crippen LogP contribution in [0.4, 0.5) is 11.4 Å². The fraction of sp³-hybridized carbons (Fsp3) is 0.150. The average molecular weight is 384 g/mol. The first-order valence-corrected chi connectivity index (χ1v) is 9.14. The molecule has 2 aromatic carbocycles. The molecule has 0 saturated carbocycles. The monoisotopic (exact) mass is 384 g/mol. The largest absolute Gasteiger partial charge is 0.478 e. The van der Waals surface area contributed by atoms with Crippen LogP contribution < -0.4 is 10.6 Å². The quantitative estimate of drug-likeness (QED) is 0.501. The Balaban J connectivity index is 1.93. The van der Waals surface area contributed by atoms with Crippen LogP contribution in [0.1, 0.15) is 11.1 Å². The SMILES string of the molecule is Cc1cccc(C)c1NC(=O)CSc1cccc(NC(=O)/C=C/C(=O)O)c1. The van der Waals surface area contributed by atoms with E-state index in [0.717, 1.165) is 33.9 Å². The molecule has 0 unspecified atom stereocenters. The van der Waals surface area contributed by atoms with Gasteiger partial charge in [-0.3, -0.25) is 9.59 Å². The maximum atomic E-state index is 12.2. The summed E-state index contributed by atoms with van der Waals surface area (Å²) in [5, 5.41) is 14.0. The summed E-state index contributed by atoms with van der Waals surface area (Å²) in [6.45, 7) is 3.89. The molecule has 0 spiro atoms. The lowest BCUT2D eigenvalue weighted by Gasteiger charge is -2.11. The molecule has 2 aromatic rings. The van der Waals surface area contributed by atoms with Crippen molar-refractivity contribution in [1.82, 2.24) is 0 Å². The molecule has 140 valence electrons. The first kappa shape index (κ1) is 20.3. The second-order valence-electron chi connectivity index (χ2n) is 5.79. The predicted molar refractivity (Wildman–Crippen MR) is 107 cm³/mol. The highest BCUT2D eigenvalue weighted by Gasteiger charge is 2.08. The summed E-state index contributed by atoms with van der Waals surface area (Å²) >= 11 is 1.34. The summed E-state index contributed by atoms with van der Waals surface area (Å²) in [5.74, 6) is -1.61. The Kier molecular flexibility index (Phi) is 7.19. The number of carbonyl (C=O) groups is 3. The zero-order valence-electron chi connectivity index (χ0n) is 15.0. The molecular formula is C20H20N2O4S. The average Bonchev–Trinajstić information content (AvgIpc) is 2.62. The van der Waals surface area contributed by atoms with E-state index in [2.05, 4.69) is 10.6 Å². The van der Waals surface area contributed by atoms with Crippen molar-refractivity contribution < 1.29 is 19.5 Å². The summed E-state index contributed by atoms with van der Waals surface area (Å²) < 4.78 is 0. The Morgan fingerprint density at radius 2 is 1.67 bits per heavy atom. The highest BCUT2D eigenvalue weighted by Crippen LogP contribution is 2.23. The molecule has 0 atom stereocenters. The van der Waals surface area contributed by atoms with Gasteiger partial charge in [0.25, 0.3) is 0 Å². The molecule has 3 N–H and O–H groups in total. The van der Waals surface area contributed by atoms with Crippen LogP contribution in [0.2, 0.25) is 0 Å². The van der Waals surface area contributed by atoms with Gasteiger partial charge < -0.3 is 15.7 Å². The number of hydrogen-bond acceptors (Lipinski definition) is 4. The van der Waals surface area contributed by atoms with Gasteiger partial charge in [0.15, 0.2) is 0 Å². The zero-order valence-corrected chi connectivity index (χ0v) is 15.8. The molecule has 27 heavy (non-hydrogen) atoms. The number of nitrogens with one attached hydrogen (secondary N) is 2. The van der Waals surface area contributed by atoms with E-state index in [1.165, 1.54) is 11.8 Å². The zero-order chi connectivity index (χ0) is 19.8. The number of carboxylic acids is 1. The van der Waals surface area contributed by atoms with E-state index in [1.54, 1.807) is 18.2 Å². The van der Waals surface area contributed by atoms with Crippen molar-refractivity contribution in [2.75, 3.05) is 16.4 Å². The number of amides is 2. The van der Waals surface area contributed by atoms with Gasteiger partial charge in [0.1, 0.15) is 0 Å². The van der Waals surface area contributed by atoms with Crippen LogP contribution in [-0.4, -0.2) is 28.6 Å². The van der Waals surface area contributed by atoms with Gasteiger partial charge in [-0.1, -0.05) is 24.3 Å². The molecule has 0 saturated heterocycles. The summed E-state index contributed by atoms with van der Waals surface area (Å²) in [5.41, 5.74) is 3.37. The molecule has 0 radical (unpaired) electrons. The molecule has 0 bridgehead atoms. The number of carboxylic acid groups (broad SMARTS) is 1. The van der Waals surface area contributed by atoms with Gasteiger partial charge in [0, 0.05) is 28.4 Å². The highest BCUT2D eigenvalue weighted by atomic mass is 32.2. The highest BCUT2D eigenvalue weighted by molar-refractivity contribution is 8.00. The van der Waals surface area contributed by atoms with E-state index >= 15 is 0 Å². The number of anilines is 2. The van der Waals surface area contributed by atoms with Crippen LogP contribution in [0.25, 0.3) is 0 Å². The Morgan fingerprint density at radius 3 is 2.33 bits per heavy atom. The first-order chi connectivity index (χ1) is 12.8. The third-order valence-electron chi connectivity index (χ3n) is 3.59. The number of aliphatic carboxylic acids is 1. The Labute approximate surface area is 161 Å². The van der Waals surface area contributed by atoms with Crippen molar-refractivity contribution in [3.63, 3.8) is 0 Å². The number of carbonyl (C=O) groups excluding carboxylic acids is 2. The fourth-order valence-electron chi connectivity index (χ4n) is 2.33. The van der Waals surface area contributed by atoms with Crippen molar-refractivity contribution in [3.8, 4) is 0 Å². The van der Waals surface area contributed by atoms with Crippen molar-refractivity contribution in [2.45, 2.75) is 18.7 Å². The summed E-state index contributed by atoms with van der Waals surface area (Å²) in [7, 11) is 0. The number of rotatable bonds is 7. The molecule has 2 rings (SSSR count). The smallest absolute Gasteiger partial charge is 0.328 e. The van der Waals surface area contributed by atoms with Crippen molar-refractivity contribution in [3.05, 3.63) is 65.7 Å². The Bertz CT molecular complexity index is 873. The molecular weight excluding hydrogens is 364 g/mol. The number of hydrogen-bond donors (Lipinski definition) is 3. The van der Waals surface area contributed by atoms with Crippen molar-refractivity contribution in [2.24, 2.45) is 0 Å². The standard InChI is InChI=1S/C20H20N2O4S/c1-13-5-3-6-14(2)20(13)22-18(24)12-27-16-8-4-7-15(11-16)21-17(23)9-10-19(25)26/h3-11H,12H2,1-2H3,(H,21,23)(H,22,24)(H,25,26)/b10-9+. The van der Waals surface area contributed by atoms with Crippen LogP contribution in [0.15, 0.2) is 59.5 Å². The second-order valence-corrected chi connectivity index (χ2v) is 6.84. The van der Waals surface area contributed by atoms with E-state index in [9.17, 15) is 14.4 Å². The number of para-hydroxylation sites is 1. The summed E-state index contributed by atoms with van der Waals surface area (Å²) in [6, 6.07) is 12.8. The van der Waals surface area contributed by atoms with E-state index in [-0.39, 0.29) is 11.7 Å². The number of aryl methyl sites for hydroxylation is 2. The third kappa shape index (κ3) is 6.63. The number of benzene rings is 2. The van der Waals surface area contributed by atoms with Crippen LogP contribution in [0, 0.1) is 13.8 Å². The van der Waals surface area contributed by atoms with Crippen molar-refractivity contribution in [1.29, 1.82) is 0 Å². The molecule has 0 heterocycles. The van der Waals surface area contributed by atoms with Gasteiger partial charge in [-0.05, 0) is 43.2 Å². The van der Waals surface area contributed by atoms with Gasteiger partial charge in [-0.25, -0.2) is 4.79 Å². The lowest BCUT2D eigenvalue weighted by molar-refractivity contribution is -0.131. The Hall–Kier alpha value is -3.06. The Morgan fingerprint density at radius 1 is 1.00 bits per heavy atom. The summed E-state index contributed by atoms with van der Waals surface area (Å²) in [4.78, 5) is 35.1. The lowest BCUT2D eigenvalue weighted by atomic mass is 10.1. The van der Waals surface area contributed by atoms with Crippen molar-refractivity contribution >= 4 is 40.9 Å². The maximum Gasteiger partial charge on any atom is 0.328 e. The van der Waals surface area contributed by atoms with E-state index in [0.29, 0.717) is 5.69 Å². The molecule has 0 fully saturated rings. The normalized spacial score (nSPS) is 10.6. The first-order valence-electron chi connectivity index (χ1n) is 8.16. The molecule has 0 aliphatic rings. The number of thioether (sulfide) groups is 1. The lowest BCUT2D eigenvalue weighted by Crippen LogP contribution is -2.15. The van der Waals surface area contributed by atoms with Crippen LogP contribution in [0.3, 0.4) is 0 Å². The molecule has 0 aliphatic carbocycles. The summed E-state index contributed by atoms with van der Waals surface area (Å²) in [6.07, 6.45) is 1.71. The predicted octanol–water partition coefficient (Wildman–Crippen LogP) is 3.61. The van der Waals surface area contributed by atoms with Gasteiger partial charge in [-0.2, -0.15) is 0 Å². The van der Waals surface area contributed by atoms with Gasteiger partial charge in [-0.15, -0.1) is 11.8 Å². The minimum absolute atomic E-state index is 0.115. The second kappa shape index (κ2) is 9.59. The van der Waals surface area contributed by atoms with Crippen LogP contribution in [0.5, 0.6) is 0 Å². The van der Waals surface area contributed by atoms with E-state index in [4.69, 9.17) is 5.11 Å². The van der Waals surface area contributed by atoms with E-state index < -0.39 is 11.9 Å². The molecule has 0 aliphatic heterocycles. The maximum absolute atomic E-state index is 12.2. The van der Waals surface area contributed by atoms with Crippen LogP contribution >= 0.6 is 11.8 Å². The van der Waals surface area contributed by atoms with Gasteiger partial charge in [0.05, 0.1) is 5.75 Å². The van der Waals surface area contributed by atoms with Gasteiger partial charge >= 0.3 is 5.97 Å². The molecule has 7 heteroatoms. The minimum Gasteiger partial charge on any atom is -0.478 e. The molecule has 6 nitrogen and oxygen atoms in total. The van der Waals surface area contributed by atoms with Crippen LogP contribution in [-0.2, 0) is 14.4 Å². The minimum atomic E-state index is -1.19. The molecule has 0 aromatic heterocycles. The topological polar surface area (TPSA) is 95.5 Å². The van der Waals surface area contributed by atoms with E-state index in [1.807, 2.05) is 38.1 Å².